The van der Waals surface area contributed by atoms with E-state index in [9.17, 15) is 5.11 Å². The number of hydrogen-bond donors (Lipinski definition) is 1. The predicted octanol–water partition coefficient (Wildman–Crippen LogP) is 4.30. The van der Waals surface area contributed by atoms with Crippen LogP contribution in [0.2, 0.25) is 0 Å². The molecule has 0 fully saturated rings. The van der Waals surface area contributed by atoms with Gasteiger partial charge in [-0.15, -0.1) is 0 Å². The van der Waals surface area contributed by atoms with E-state index in [0.29, 0.717) is 0 Å². The summed E-state index contributed by atoms with van der Waals surface area (Å²) in [6.07, 6.45) is -0.654. The normalized spacial score (nSPS) is 12.2. The van der Waals surface area contributed by atoms with Gasteiger partial charge in [0.1, 0.15) is 11.9 Å². The number of halogens is 2. The molecule has 1 atom stereocenters. The summed E-state index contributed by atoms with van der Waals surface area (Å²) in [4.78, 5) is 0. The molecule has 0 radical (unpaired) electrons. The van der Waals surface area contributed by atoms with Crippen LogP contribution in [0.4, 0.5) is 0 Å². The summed E-state index contributed by atoms with van der Waals surface area (Å²) in [7, 11) is 1.62. The number of rotatable bonds is 3. The van der Waals surface area contributed by atoms with Crippen molar-refractivity contribution in [1.29, 1.82) is 0 Å². The Hall–Kier alpha value is -0.840. The Balaban J connectivity index is 2.33. The zero-order valence-corrected chi connectivity index (χ0v) is 12.9. The molecule has 2 aromatic rings. The van der Waals surface area contributed by atoms with Crippen LogP contribution in [0.25, 0.3) is 0 Å². The molecule has 2 nitrogen and oxygen atoms in total. The van der Waals surface area contributed by atoms with Gasteiger partial charge < -0.3 is 9.84 Å². The molecule has 0 heterocycles. The molecule has 0 aliphatic rings. The van der Waals surface area contributed by atoms with Crippen molar-refractivity contribution in [3.05, 3.63) is 62.5 Å². The highest BCUT2D eigenvalue weighted by atomic mass is 79.9. The third-order valence-corrected chi connectivity index (χ3v) is 3.90. The molecule has 18 heavy (non-hydrogen) atoms. The van der Waals surface area contributed by atoms with Crippen LogP contribution in [0, 0.1) is 0 Å². The molecule has 0 spiro atoms. The highest BCUT2D eigenvalue weighted by molar-refractivity contribution is 9.10. The average molecular weight is 372 g/mol. The fraction of sp³-hybridized carbons (Fsp3) is 0.143. The van der Waals surface area contributed by atoms with Gasteiger partial charge in [-0.05, 0) is 35.4 Å². The molecule has 0 aromatic heterocycles. The standard InChI is InChI=1S/C14H12Br2O2/c1-18-11-6-7-12(13(16)8-11)14(17)9-2-4-10(15)5-3-9/h2-8,14,17H,1H3. The maximum atomic E-state index is 10.3. The van der Waals surface area contributed by atoms with Crippen LogP contribution < -0.4 is 4.74 Å². The minimum absolute atomic E-state index is 0.654. The molecule has 0 saturated heterocycles. The zero-order chi connectivity index (χ0) is 13.1. The van der Waals surface area contributed by atoms with E-state index in [1.807, 2.05) is 42.5 Å². The minimum Gasteiger partial charge on any atom is -0.497 e. The second-order valence-electron chi connectivity index (χ2n) is 3.84. The Labute approximate surface area is 123 Å². The van der Waals surface area contributed by atoms with E-state index in [0.717, 1.165) is 25.8 Å². The quantitative estimate of drug-likeness (QED) is 0.871. The molecule has 1 unspecified atom stereocenters. The van der Waals surface area contributed by atoms with E-state index >= 15 is 0 Å². The molecule has 0 amide bonds. The van der Waals surface area contributed by atoms with E-state index < -0.39 is 6.10 Å². The van der Waals surface area contributed by atoms with Crippen molar-refractivity contribution in [2.75, 3.05) is 7.11 Å². The molecular formula is C14H12Br2O2. The van der Waals surface area contributed by atoms with Crippen LogP contribution in [-0.4, -0.2) is 12.2 Å². The second-order valence-corrected chi connectivity index (χ2v) is 5.61. The lowest BCUT2D eigenvalue weighted by molar-refractivity contribution is 0.219. The lowest BCUT2D eigenvalue weighted by Gasteiger charge is -2.14. The van der Waals surface area contributed by atoms with Gasteiger partial charge in [-0.2, -0.15) is 0 Å². The first-order valence-corrected chi connectivity index (χ1v) is 6.97. The van der Waals surface area contributed by atoms with E-state index in [2.05, 4.69) is 31.9 Å². The number of aliphatic hydroxyl groups is 1. The van der Waals surface area contributed by atoms with Gasteiger partial charge in [0.2, 0.25) is 0 Å². The van der Waals surface area contributed by atoms with Crippen molar-refractivity contribution >= 4 is 31.9 Å². The molecule has 94 valence electrons. The van der Waals surface area contributed by atoms with Crippen molar-refractivity contribution in [2.45, 2.75) is 6.10 Å². The summed E-state index contributed by atoms with van der Waals surface area (Å²) in [5, 5.41) is 10.3. The van der Waals surface area contributed by atoms with Crippen LogP contribution >= 0.6 is 31.9 Å². The lowest BCUT2D eigenvalue weighted by Crippen LogP contribution is -2.00. The van der Waals surface area contributed by atoms with Gasteiger partial charge in [0.25, 0.3) is 0 Å². The average Bonchev–Trinajstić information content (AvgIpc) is 2.38. The molecule has 0 bridgehead atoms. The van der Waals surface area contributed by atoms with E-state index in [-0.39, 0.29) is 0 Å². The van der Waals surface area contributed by atoms with Crippen molar-refractivity contribution in [1.82, 2.24) is 0 Å². The maximum Gasteiger partial charge on any atom is 0.120 e. The Morgan fingerprint density at radius 2 is 1.72 bits per heavy atom. The van der Waals surface area contributed by atoms with Gasteiger partial charge in [-0.1, -0.05) is 50.1 Å². The van der Waals surface area contributed by atoms with Crippen molar-refractivity contribution in [2.24, 2.45) is 0 Å². The summed E-state index contributed by atoms with van der Waals surface area (Å²) < 4.78 is 6.96. The molecule has 2 aromatic carbocycles. The van der Waals surface area contributed by atoms with Gasteiger partial charge >= 0.3 is 0 Å². The molecule has 4 heteroatoms. The summed E-state index contributed by atoms with van der Waals surface area (Å²) in [6.45, 7) is 0. The number of aliphatic hydroxyl groups excluding tert-OH is 1. The van der Waals surface area contributed by atoms with Crippen molar-refractivity contribution < 1.29 is 9.84 Å². The molecule has 1 N–H and O–H groups in total. The first kappa shape index (κ1) is 13.6. The van der Waals surface area contributed by atoms with E-state index in [1.54, 1.807) is 7.11 Å². The molecule has 0 saturated carbocycles. The SMILES string of the molecule is COc1ccc(C(O)c2ccc(Br)cc2)c(Br)c1. The van der Waals surface area contributed by atoms with Crippen molar-refractivity contribution in [3.8, 4) is 5.75 Å². The fourth-order valence-electron chi connectivity index (χ4n) is 1.68. The number of ether oxygens (including phenoxy) is 1. The predicted molar refractivity (Wildman–Crippen MR) is 78.9 cm³/mol. The van der Waals surface area contributed by atoms with E-state index in [4.69, 9.17) is 4.74 Å². The van der Waals surface area contributed by atoms with Gasteiger partial charge in [0.15, 0.2) is 0 Å². The molecule has 0 aliphatic heterocycles. The fourth-order valence-corrected chi connectivity index (χ4v) is 2.52. The molecule has 0 aliphatic carbocycles. The number of benzene rings is 2. The van der Waals surface area contributed by atoms with Gasteiger partial charge in [0, 0.05) is 8.95 Å². The zero-order valence-electron chi connectivity index (χ0n) is 9.73. The van der Waals surface area contributed by atoms with Crippen LogP contribution in [0.3, 0.4) is 0 Å². The van der Waals surface area contributed by atoms with Gasteiger partial charge in [-0.3, -0.25) is 0 Å². The Morgan fingerprint density at radius 1 is 1.06 bits per heavy atom. The van der Waals surface area contributed by atoms with Crippen LogP contribution in [-0.2, 0) is 0 Å². The maximum absolute atomic E-state index is 10.3. The highest BCUT2D eigenvalue weighted by Gasteiger charge is 2.14. The first-order valence-electron chi connectivity index (χ1n) is 5.39. The summed E-state index contributed by atoms with van der Waals surface area (Å²) in [5.41, 5.74) is 1.67. The van der Waals surface area contributed by atoms with Gasteiger partial charge in [0.05, 0.1) is 7.11 Å². The Morgan fingerprint density at radius 3 is 2.28 bits per heavy atom. The minimum atomic E-state index is -0.654. The second kappa shape index (κ2) is 5.87. The van der Waals surface area contributed by atoms with E-state index in [1.165, 1.54) is 0 Å². The Kier molecular flexibility index (Phi) is 4.43. The Bertz CT molecular complexity index is 538. The monoisotopic (exact) mass is 370 g/mol. The first-order chi connectivity index (χ1) is 8.61. The summed E-state index contributed by atoms with van der Waals surface area (Å²) >= 11 is 6.83. The van der Waals surface area contributed by atoms with Crippen LogP contribution in [0.15, 0.2) is 51.4 Å². The number of hydrogen-bond acceptors (Lipinski definition) is 2. The van der Waals surface area contributed by atoms with Crippen LogP contribution in [0.5, 0.6) is 5.75 Å². The lowest BCUT2D eigenvalue weighted by atomic mass is 10.0. The van der Waals surface area contributed by atoms with Crippen molar-refractivity contribution in [3.63, 3.8) is 0 Å². The smallest absolute Gasteiger partial charge is 0.120 e. The molecular weight excluding hydrogens is 360 g/mol. The largest absolute Gasteiger partial charge is 0.497 e. The molecule has 2 rings (SSSR count). The topological polar surface area (TPSA) is 29.5 Å². The third kappa shape index (κ3) is 2.94. The number of methoxy groups -OCH3 is 1. The third-order valence-electron chi connectivity index (χ3n) is 2.69. The summed E-state index contributed by atoms with van der Waals surface area (Å²) in [6, 6.07) is 13.2. The highest BCUT2D eigenvalue weighted by Crippen LogP contribution is 2.31. The summed E-state index contributed by atoms with van der Waals surface area (Å²) in [5.74, 6) is 0.758. The van der Waals surface area contributed by atoms with Gasteiger partial charge in [-0.25, -0.2) is 0 Å². The van der Waals surface area contributed by atoms with Crippen LogP contribution in [0.1, 0.15) is 17.2 Å².